The highest BCUT2D eigenvalue weighted by Gasteiger charge is 2.19. The van der Waals surface area contributed by atoms with Crippen LogP contribution in [0.5, 0.6) is 0 Å². The molecule has 0 aliphatic rings. The van der Waals surface area contributed by atoms with E-state index in [-0.39, 0.29) is 10.6 Å². The molecule has 0 radical (unpaired) electrons. The molecule has 11 heteroatoms. The Balaban J connectivity index is 1.66. The Hall–Kier alpha value is -3.73. The molecule has 1 heterocycles. The molecule has 0 saturated carbocycles. The first-order chi connectivity index (χ1) is 15.3. The second-order valence-corrected chi connectivity index (χ2v) is 8.63. The van der Waals surface area contributed by atoms with Gasteiger partial charge in [-0.2, -0.15) is 9.90 Å². The van der Waals surface area contributed by atoms with Crippen molar-refractivity contribution in [1.82, 2.24) is 25.0 Å². The van der Waals surface area contributed by atoms with Crippen molar-refractivity contribution < 1.29 is 18.0 Å². The Morgan fingerprint density at radius 2 is 1.69 bits per heavy atom. The quantitative estimate of drug-likeness (QED) is 0.446. The van der Waals surface area contributed by atoms with Crippen LogP contribution in [0.15, 0.2) is 59.5 Å². The van der Waals surface area contributed by atoms with Crippen LogP contribution in [0.4, 0.5) is 10.5 Å². The average molecular weight is 457 g/mol. The van der Waals surface area contributed by atoms with Gasteiger partial charge >= 0.3 is 6.03 Å². The third-order valence-corrected chi connectivity index (χ3v) is 5.80. The van der Waals surface area contributed by atoms with Gasteiger partial charge in [0.2, 0.25) is 0 Å². The number of aromatic nitrogens is 3. The molecular weight excluding hydrogens is 432 g/mol. The molecular formula is C21H24N6O4S. The lowest BCUT2D eigenvalue weighted by Crippen LogP contribution is -2.39. The summed E-state index contributed by atoms with van der Waals surface area (Å²) in [6.07, 6.45) is 1.63. The van der Waals surface area contributed by atoms with Crippen molar-refractivity contribution in [2.75, 3.05) is 11.9 Å². The van der Waals surface area contributed by atoms with Gasteiger partial charge < -0.3 is 10.6 Å². The first-order valence-electron chi connectivity index (χ1n) is 10.0. The maximum Gasteiger partial charge on any atom is 0.328 e. The minimum Gasteiger partial charge on any atom is -0.337 e. The second-order valence-electron chi connectivity index (χ2n) is 6.95. The molecule has 3 aromatic rings. The van der Waals surface area contributed by atoms with Gasteiger partial charge in [-0.1, -0.05) is 31.5 Å². The number of sulfonamides is 1. The summed E-state index contributed by atoms with van der Waals surface area (Å²) in [5.74, 6) is -0.478. The second kappa shape index (κ2) is 10.1. The maximum absolute atomic E-state index is 12.6. The van der Waals surface area contributed by atoms with Gasteiger partial charge in [-0.05, 0) is 49.7 Å². The number of aryl methyl sites for hydroxylation is 1. The molecule has 32 heavy (non-hydrogen) atoms. The maximum atomic E-state index is 12.6. The summed E-state index contributed by atoms with van der Waals surface area (Å²) >= 11 is 0. The van der Waals surface area contributed by atoms with Crippen LogP contribution in [-0.2, 0) is 10.0 Å². The van der Waals surface area contributed by atoms with Crippen molar-refractivity contribution in [3.05, 3.63) is 66.0 Å². The van der Waals surface area contributed by atoms with Gasteiger partial charge in [0.25, 0.3) is 15.9 Å². The lowest BCUT2D eigenvalue weighted by molar-refractivity contribution is 0.102. The van der Waals surface area contributed by atoms with Gasteiger partial charge in [-0.15, -0.1) is 5.10 Å². The van der Waals surface area contributed by atoms with Crippen molar-refractivity contribution in [1.29, 1.82) is 0 Å². The number of benzene rings is 2. The van der Waals surface area contributed by atoms with E-state index in [0.29, 0.717) is 17.9 Å². The van der Waals surface area contributed by atoms with Crippen LogP contribution in [0, 0.1) is 6.92 Å². The highest BCUT2D eigenvalue weighted by Crippen LogP contribution is 2.16. The zero-order chi connectivity index (χ0) is 23.1. The van der Waals surface area contributed by atoms with Gasteiger partial charge in [-0.3, -0.25) is 4.79 Å². The SMILES string of the molecule is CCCCNC(=O)NS(=O)(=O)c1ccc(NC(=O)c2nn(-c3ccccc3)nc2C)cc1. The molecule has 0 atom stereocenters. The van der Waals surface area contributed by atoms with Crippen molar-refractivity contribution in [2.45, 2.75) is 31.6 Å². The molecule has 3 amide bonds. The molecule has 2 aromatic carbocycles. The van der Waals surface area contributed by atoms with Crippen molar-refractivity contribution in [3.63, 3.8) is 0 Å². The number of rotatable bonds is 8. The molecule has 10 nitrogen and oxygen atoms in total. The Morgan fingerprint density at radius 1 is 1.00 bits per heavy atom. The number of carbonyl (C=O) groups is 2. The highest BCUT2D eigenvalue weighted by molar-refractivity contribution is 7.90. The molecule has 0 aliphatic carbocycles. The fourth-order valence-corrected chi connectivity index (χ4v) is 3.70. The van der Waals surface area contributed by atoms with E-state index >= 15 is 0 Å². The Morgan fingerprint density at radius 3 is 2.34 bits per heavy atom. The zero-order valence-corrected chi connectivity index (χ0v) is 18.5. The number of carbonyl (C=O) groups excluding carboxylic acids is 2. The van der Waals surface area contributed by atoms with Crippen molar-refractivity contribution in [2.24, 2.45) is 0 Å². The van der Waals surface area contributed by atoms with Gasteiger partial charge in [0, 0.05) is 12.2 Å². The average Bonchev–Trinajstić information content (AvgIpc) is 3.16. The molecule has 0 unspecified atom stereocenters. The normalized spacial score (nSPS) is 11.1. The lowest BCUT2D eigenvalue weighted by atomic mass is 10.3. The molecule has 0 saturated heterocycles. The third-order valence-electron chi connectivity index (χ3n) is 4.45. The first-order valence-corrected chi connectivity index (χ1v) is 11.5. The molecule has 0 aliphatic heterocycles. The number of anilines is 1. The minimum atomic E-state index is -4.03. The molecule has 0 bridgehead atoms. The number of para-hydroxylation sites is 1. The predicted octanol–water partition coefficient (Wildman–Crippen LogP) is 2.62. The molecule has 0 spiro atoms. The van der Waals surface area contributed by atoms with Crippen LogP contribution >= 0.6 is 0 Å². The summed E-state index contributed by atoms with van der Waals surface area (Å²) < 4.78 is 26.6. The van der Waals surface area contributed by atoms with Crippen LogP contribution in [-0.4, -0.2) is 41.9 Å². The van der Waals surface area contributed by atoms with Crippen molar-refractivity contribution >= 4 is 27.6 Å². The largest absolute Gasteiger partial charge is 0.337 e. The number of hydrogen-bond acceptors (Lipinski definition) is 6. The summed E-state index contributed by atoms with van der Waals surface area (Å²) in [7, 11) is -4.03. The summed E-state index contributed by atoms with van der Waals surface area (Å²) in [5, 5.41) is 13.7. The molecule has 3 rings (SSSR count). The Bertz CT molecular complexity index is 1190. The van der Waals surface area contributed by atoms with Crippen LogP contribution in [0.3, 0.4) is 0 Å². The van der Waals surface area contributed by atoms with E-state index < -0.39 is 22.0 Å². The summed E-state index contributed by atoms with van der Waals surface area (Å²) in [6.45, 7) is 4.02. The topological polar surface area (TPSA) is 135 Å². The van der Waals surface area contributed by atoms with Crippen molar-refractivity contribution in [3.8, 4) is 5.69 Å². The van der Waals surface area contributed by atoms with Crippen LogP contribution in [0.25, 0.3) is 5.69 Å². The highest BCUT2D eigenvalue weighted by atomic mass is 32.2. The summed E-state index contributed by atoms with van der Waals surface area (Å²) in [5.41, 5.74) is 1.69. The van der Waals surface area contributed by atoms with E-state index in [1.54, 1.807) is 6.92 Å². The zero-order valence-electron chi connectivity index (χ0n) is 17.7. The van der Waals surface area contributed by atoms with Crippen LogP contribution < -0.4 is 15.4 Å². The Kier molecular flexibility index (Phi) is 7.21. The van der Waals surface area contributed by atoms with E-state index in [9.17, 15) is 18.0 Å². The number of nitrogens with one attached hydrogen (secondary N) is 3. The van der Waals surface area contributed by atoms with E-state index in [4.69, 9.17) is 0 Å². The molecule has 1 aromatic heterocycles. The molecule has 168 valence electrons. The number of urea groups is 1. The third kappa shape index (κ3) is 5.70. The van der Waals surface area contributed by atoms with Gasteiger partial charge in [0.05, 0.1) is 16.3 Å². The smallest absolute Gasteiger partial charge is 0.328 e. The fraction of sp³-hybridized carbons (Fsp3) is 0.238. The number of hydrogen-bond donors (Lipinski definition) is 3. The lowest BCUT2D eigenvalue weighted by Gasteiger charge is -2.09. The van der Waals surface area contributed by atoms with Crippen LogP contribution in [0.1, 0.15) is 35.9 Å². The standard InChI is InChI=1S/C21H24N6O4S/c1-3-4-14-22-21(29)26-32(30,31)18-12-10-16(11-13-18)23-20(28)19-15(2)24-27(25-19)17-8-6-5-7-9-17/h5-13H,3-4,14H2,1-2H3,(H,23,28)(H2,22,26,29). The van der Waals surface area contributed by atoms with Gasteiger partial charge in [0.15, 0.2) is 5.69 Å². The fourth-order valence-electron chi connectivity index (χ4n) is 2.77. The van der Waals surface area contributed by atoms with Gasteiger partial charge in [0.1, 0.15) is 0 Å². The monoisotopic (exact) mass is 456 g/mol. The number of amides is 3. The van der Waals surface area contributed by atoms with E-state index in [1.165, 1.54) is 29.1 Å². The molecule has 3 N–H and O–H groups in total. The number of nitrogens with zero attached hydrogens (tertiary/aromatic N) is 3. The van der Waals surface area contributed by atoms with E-state index in [1.807, 2.05) is 42.0 Å². The summed E-state index contributed by atoms with van der Waals surface area (Å²) in [4.78, 5) is 25.6. The predicted molar refractivity (Wildman–Crippen MR) is 119 cm³/mol. The van der Waals surface area contributed by atoms with Crippen LogP contribution in [0.2, 0.25) is 0 Å². The van der Waals surface area contributed by atoms with Gasteiger partial charge in [-0.25, -0.2) is 17.9 Å². The van der Waals surface area contributed by atoms with E-state index in [2.05, 4.69) is 20.8 Å². The minimum absolute atomic E-state index is 0.104. The summed E-state index contributed by atoms with van der Waals surface area (Å²) in [6, 6.07) is 13.8. The number of unbranched alkanes of at least 4 members (excludes halogenated alkanes) is 1. The Labute approximate surface area is 186 Å². The van der Waals surface area contributed by atoms with E-state index in [0.717, 1.165) is 18.5 Å². The molecule has 0 fully saturated rings. The first kappa shape index (κ1) is 22.9.